The van der Waals surface area contributed by atoms with Crippen LogP contribution in [-0.4, -0.2) is 4.98 Å². The molecule has 1 rings (SSSR count). The van der Waals surface area contributed by atoms with Crippen molar-refractivity contribution in [3.8, 4) is 0 Å². The molecule has 0 aliphatic rings. The molecule has 0 saturated heterocycles. The Hall–Kier alpha value is -1.51. The zero-order chi connectivity index (χ0) is 8.43. The standard InChI is InChI=1S/C8H10N2O/c1-3-6-4-5(2)8(11)10-7(6)9/h3-4H,1H2,2H3,(H3,9,10,11). The van der Waals surface area contributed by atoms with Crippen LogP contribution >= 0.6 is 0 Å². The highest BCUT2D eigenvalue weighted by molar-refractivity contribution is 5.59. The molecule has 0 atom stereocenters. The number of pyridine rings is 1. The molecular weight excluding hydrogens is 140 g/mol. The lowest BCUT2D eigenvalue weighted by Gasteiger charge is -1.99. The van der Waals surface area contributed by atoms with Gasteiger partial charge >= 0.3 is 0 Å². The van der Waals surface area contributed by atoms with Crippen molar-refractivity contribution in [2.24, 2.45) is 0 Å². The molecule has 0 spiro atoms. The second kappa shape index (κ2) is 2.62. The van der Waals surface area contributed by atoms with Crippen LogP contribution in [0.3, 0.4) is 0 Å². The molecule has 3 nitrogen and oxygen atoms in total. The summed E-state index contributed by atoms with van der Waals surface area (Å²) >= 11 is 0. The van der Waals surface area contributed by atoms with Crippen LogP contribution in [0, 0.1) is 6.92 Å². The third-order valence-electron chi connectivity index (χ3n) is 1.51. The molecule has 11 heavy (non-hydrogen) atoms. The van der Waals surface area contributed by atoms with Crippen molar-refractivity contribution in [1.82, 2.24) is 4.98 Å². The van der Waals surface area contributed by atoms with Crippen LogP contribution < -0.4 is 11.3 Å². The Morgan fingerprint density at radius 1 is 1.73 bits per heavy atom. The van der Waals surface area contributed by atoms with Gasteiger partial charge < -0.3 is 10.7 Å². The van der Waals surface area contributed by atoms with E-state index in [1.807, 2.05) is 0 Å². The van der Waals surface area contributed by atoms with Crippen molar-refractivity contribution in [3.63, 3.8) is 0 Å². The first-order valence-electron chi connectivity index (χ1n) is 3.27. The lowest BCUT2D eigenvalue weighted by molar-refractivity contribution is 1.18. The molecule has 58 valence electrons. The van der Waals surface area contributed by atoms with Gasteiger partial charge in [-0.2, -0.15) is 0 Å². The summed E-state index contributed by atoms with van der Waals surface area (Å²) in [5.74, 6) is 0.371. The lowest BCUT2D eigenvalue weighted by atomic mass is 10.2. The first-order chi connectivity index (χ1) is 5.15. The molecule has 1 aromatic rings. The molecule has 0 aliphatic heterocycles. The Balaban J connectivity index is 3.43. The van der Waals surface area contributed by atoms with Gasteiger partial charge in [0.15, 0.2) is 0 Å². The maximum atomic E-state index is 10.9. The number of hydrogen-bond donors (Lipinski definition) is 2. The van der Waals surface area contributed by atoms with Gasteiger partial charge in [-0.1, -0.05) is 12.7 Å². The van der Waals surface area contributed by atoms with Crippen molar-refractivity contribution in [3.05, 3.63) is 34.1 Å². The zero-order valence-corrected chi connectivity index (χ0v) is 6.35. The van der Waals surface area contributed by atoms with Gasteiger partial charge in [-0.05, 0) is 13.0 Å². The minimum atomic E-state index is -0.145. The maximum absolute atomic E-state index is 10.9. The molecular formula is C8H10N2O. The monoisotopic (exact) mass is 150 g/mol. The molecule has 0 radical (unpaired) electrons. The van der Waals surface area contributed by atoms with Crippen molar-refractivity contribution >= 4 is 11.9 Å². The van der Waals surface area contributed by atoms with E-state index < -0.39 is 0 Å². The van der Waals surface area contributed by atoms with Crippen molar-refractivity contribution in [2.45, 2.75) is 6.92 Å². The average Bonchev–Trinajstić information content (AvgIpc) is 1.97. The van der Waals surface area contributed by atoms with Gasteiger partial charge in [-0.25, -0.2) is 0 Å². The number of nitrogen functional groups attached to an aromatic ring is 1. The van der Waals surface area contributed by atoms with Crippen molar-refractivity contribution in [1.29, 1.82) is 0 Å². The summed E-state index contributed by atoms with van der Waals surface area (Å²) in [7, 11) is 0. The number of aryl methyl sites for hydroxylation is 1. The normalized spacial score (nSPS) is 9.55. The number of nitrogens with two attached hydrogens (primary N) is 1. The molecule has 3 heteroatoms. The third kappa shape index (κ3) is 1.32. The molecule has 3 N–H and O–H groups in total. The minimum Gasteiger partial charge on any atom is -0.385 e. The van der Waals surface area contributed by atoms with E-state index in [-0.39, 0.29) is 5.56 Å². The van der Waals surface area contributed by atoms with E-state index in [0.29, 0.717) is 11.4 Å². The minimum absolute atomic E-state index is 0.145. The highest BCUT2D eigenvalue weighted by Gasteiger charge is 1.97. The second-order valence-electron chi connectivity index (χ2n) is 2.35. The van der Waals surface area contributed by atoms with Crippen LogP contribution in [0.25, 0.3) is 6.08 Å². The highest BCUT2D eigenvalue weighted by Crippen LogP contribution is 2.07. The number of aromatic amines is 1. The van der Waals surface area contributed by atoms with Crippen LogP contribution in [0.1, 0.15) is 11.1 Å². The number of hydrogen-bond acceptors (Lipinski definition) is 2. The van der Waals surface area contributed by atoms with Crippen LogP contribution in [0.5, 0.6) is 0 Å². The van der Waals surface area contributed by atoms with E-state index in [1.54, 1.807) is 19.1 Å². The van der Waals surface area contributed by atoms with Crippen molar-refractivity contribution < 1.29 is 0 Å². The van der Waals surface area contributed by atoms with Gasteiger partial charge in [-0.15, -0.1) is 0 Å². The van der Waals surface area contributed by atoms with Crippen LogP contribution in [-0.2, 0) is 0 Å². The predicted octanol–water partition coefficient (Wildman–Crippen LogP) is 0.909. The molecule has 0 amide bonds. The number of H-pyrrole nitrogens is 1. The van der Waals surface area contributed by atoms with E-state index in [0.717, 1.165) is 5.56 Å². The first-order valence-corrected chi connectivity index (χ1v) is 3.27. The molecule has 0 unspecified atom stereocenters. The smallest absolute Gasteiger partial charge is 0.252 e. The largest absolute Gasteiger partial charge is 0.385 e. The Kier molecular flexibility index (Phi) is 1.81. The van der Waals surface area contributed by atoms with E-state index in [9.17, 15) is 4.79 Å². The fourth-order valence-electron chi connectivity index (χ4n) is 0.838. The first kappa shape index (κ1) is 7.60. The summed E-state index contributed by atoms with van der Waals surface area (Å²) in [6.45, 7) is 5.29. The highest BCUT2D eigenvalue weighted by atomic mass is 16.1. The average molecular weight is 150 g/mol. The molecule has 1 heterocycles. The fourth-order valence-corrected chi connectivity index (χ4v) is 0.838. The van der Waals surface area contributed by atoms with Crippen molar-refractivity contribution in [2.75, 3.05) is 5.73 Å². The number of anilines is 1. The molecule has 0 saturated carbocycles. The SMILES string of the molecule is C=Cc1cc(C)c(=O)[nH]c1N. The summed E-state index contributed by atoms with van der Waals surface area (Å²) in [5, 5.41) is 0. The summed E-state index contributed by atoms with van der Waals surface area (Å²) in [6.07, 6.45) is 1.61. The Labute approximate surface area is 64.6 Å². The topological polar surface area (TPSA) is 58.9 Å². The van der Waals surface area contributed by atoms with Crippen LogP contribution in [0.2, 0.25) is 0 Å². The van der Waals surface area contributed by atoms with Gasteiger partial charge in [0, 0.05) is 11.1 Å². The third-order valence-corrected chi connectivity index (χ3v) is 1.51. The summed E-state index contributed by atoms with van der Waals surface area (Å²) < 4.78 is 0. The predicted molar refractivity (Wildman–Crippen MR) is 46.3 cm³/mol. The number of nitrogens with one attached hydrogen (secondary N) is 1. The molecule has 1 aromatic heterocycles. The van der Waals surface area contributed by atoms with Crippen LogP contribution in [0.4, 0.5) is 5.82 Å². The Morgan fingerprint density at radius 3 is 2.91 bits per heavy atom. The molecule has 0 aromatic carbocycles. The van der Waals surface area contributed by atoms with E-state index >= 15 is 0 Å². The number of rotatable bonds is 1. The molecule has 0 bridgehead atoms. The molecule has 0 fully saturated rings. The van der Waals surface area contributed by atoms with Gasteiger partial charge in [0.1, 0.15) is 5.82 Å². The quantitative estimate of drug-likeness (QED) is 0.625. The van der Waals surface area contributed by atoms with E-state index in [2.05, 4.69) is 11.6 Å². The Bertz CT molecular complexity index is 338. The fraction of sp³-hybridized carbons (Fsp3) is 0.125. The summed E-state index contributed by atoms with van der Waals surface area (Å²) in [4.78, 5) is 13.4. The van der Waals surface area contributed by atoms with Gasteiger partial charge in [0.2, 0.25) is 0 Å². The lowest BCUT2D eigenvalue weighted by Crippen LogP contribution is -2.12. The van der Waals surface area contributed by atoms with Gasteiger partial charge in [0.05, 0.1) is 0 Å². The van der Waals surface area contributed by atoms with Gasteiger partial charge in [-0.3, -0.25) is 4.79 Å². The Morgan fingerprint density at radius 2 is 2.36 bits per heavy atom. The van der Waals surface area contributed by atoms with E-state index in [4.69, 9.17) is 5.73 Å². The number of aromatic nitrogens is 1. The molecule has 0 aliphatic carbocycles. The summed E-state index contributed by atoms with van der Waals surface area (Å²) in [5.41, 5.74) is 6.74. The second-order valence-corrected chi connectivity index (χ2v) is 2.35. The van der Waals surface area contributed by atoms with Crippen LogP contribution in [0.15, 0.2) is 17.4 Å². The maximum Gasteiger partial charge on any atom is 0.252 e. The summed E-state index contributed by atoms with van der Waals surface area (Å²) in [6, 6.07) is 1.71. The zero-order valence-electron chi connectivity index (χ0n) is 6.35. The van der Waals surface area contributed by atoms with Gasteiger partial charge in [0.25, 0.3) is 5.56 Å². The van der Waals surface area contributed by atoms with E-state index in [1.165, 1.54) is 0 Å².